The number of carbonyl (C=O) groups is 1. The standard InChI is InChI=1S/C12H23N5O/c1-8(2)5-10(6-13)12(18)15-9(3)11-16-14-7-17(11)4/h7-10H,5-6,13H2,1-4H3,(H,15,18). The second kappa shape index (κ2) is 6.49. The summed E-state index contributed by atoms with van der Waals surface area (Å²) in [4.78, 5) is 12.1. The zero-order valence-corrected chi connectivity index (χ0v) is 11.6. The maximum atomic E-state index is 12.1. The summed E-state index contributed by atoms with van der Waals surface area (Å²) in [6.07, 6.45) is 2.42. The third-order valence-corrected chi connectivity index (χ3v) is 2.90. The first-order chi connectivity index (χ1) is 8.45. The van der Waals surface area contributed by atoms with Crippen molar-refractivity contribution in [1.82, 2.24) is 20.1 Å². The molecule has 0 aromatic carbocycles. The Morgan fingerprint density at radius 1 is 1.50 bits per heavy atom. The minimum absolute atomic E-state index is 0.0123. The third kappa shape index (κ3) is 3.80. The van der Waals surface area contributed by atoms with E-state index in [0.717, 1.165) is 12.2 Å². The van der Waals surface area contributed by atoms with Crippen LogP contribution in [0.25, 0.3) is 0 Å². The van der Waals surface area contributed by atoms with Gasteiger partial charge in [-0.05, 0) is 19.3 Å². The number of hydrogen-bond donors (Lipinski definition) is 2. The van der Waals surface area contributed by atoms with Gasteiger partial charge in [-0.3, -0.25) is 4.79 Å². The van der Waals surface area contributed by atoms with Crippen LogP contribution in [0.3, 0.4) is 0 Å². The van der Waals surface area contributed by atoms with E-state index in [9.17, 15) is 4.79 Å². The van der Waals surface area contributed by atoms with Crippen molar-refractivity contribution >= 4 is 5.91 Å². The summed E-state index contributed by atoms with van der Waals surface area (Å²) in [6.45, 7) is 6.44. The van der Waals surface area contributed by atoms with Crippen LogP contribution in [-0.2, 0) is 11.8 Å². The number of aromatic nitrogens is 3. The van der Waals surface area contributed by atoms with Gasteiger partial charge in [0.1, 0.15) is 6.33 Å². The van der Waals surface area contributed by atoms with Gasteiger partial charge < -0.3 is 15.6 Å². The third-order valence-electron chi connectivity index (χ3n) is 2.90. The molecule has 0 fully saturated rings. The van der Waals surface area contributed by atoms with E-state index in [1.165, 1.54) is 0 Å². The van der Waals surface area contributed by atoms with E-state index in [0.29, 0.717) is 12.5 Å². The Balaban J connectivity index is 2.60. The van der Waals surface area contributed by atoms with Crippen LogP contribution in [0, 0.1) is 11.8 Å². The quantitative estimate of drug-likeness (QED) is 0.778. The predicted molar refractivity (Wildman–Crippen MR) is 69.6 cm³/mol. The van der Waals surface area contributed by atoms with Gasteiger partial charge in [-0.2, -0.15) is 0 Å². The molecule has 0 saturated carbocycles. The van der Waals surface area contributed by atoms with E-state index in [1.807, 2.05) is 14.0 Å². The summed E-state index contributed by atoms with van der Waals surface area (Å²) in [5, 5.41) is 10.7. The summed E-state index contributed by atoms with van der Waals surface area (Å²) in [6, 6.07) is -0.161. The first-order valence-electron chi connectivity index (χ1n) is 6.30. The minimum atomic E-state index is -0.161. The lowest BCUT2D eigenvalue weighted by molar-refractivity contribution is -0.125. The van der Waals surface area contributed by atoms with Gasteiger partial charge >= 0.3 is 0 Å². The Hall–Kier alpha value is -1.43. The zero-order valence-electron chi connectivity index (χ0n) is 11.6. The fourth-order valence-corrected chi connectivity index (χ4v) is 1.96. The van der Waals surface area contributed by atoms with Crippen LogP contribution in [0.5, 0.6) is 0 Å². The van der Waals surface area contributed by atoms with Gasteiger partial charge in [0.25, 0.3) is 0 Å². The molecule has 1 amide bonds. The summed E-state index contributed by atoms with van der Waals surface area (Å²) < 4.78 is 1.80. The lowest BCUT2D eigenvalue weighted by Gasteiger charge is -2.19. The SMILES string of the molecule is CC(C)CC(CN)C(=O)NC(C)c1nncn1C. The van der Waals surface area contributed by atoms with Crippen molar-refractivity contribution < 1.29 is 4.79 Å². The average molecular weight is 253 g/mol. The highest BCUT2D eigenvalue weighted by atomic mass is 16.2. The molecule has 102 valence electrons. The molecule has 6 nitrogen and oxygen atoms in total. The van der Waals surface area contributed by atoms with Crippen LogP contribution in [0.4, 0.5) is 0 Å². The van der Waals surface area contributed by atoms with Gasteiger partial charge in [-0.25, -0.2) is 0 Å². The first-order valence-corrected chi connectivity index (χ1v) is 6.30. The van der Waals surface area contributed by atoms with Gasteiger partial charge in [0, 0.05) is 13.6 Å². The molecule has 1 rings (SSSR count). The summed E-state index contributed by atoms with van der Waals surface area (Å²) in [5.41, 5.74) is 5.65. The minimum Gasteiger partial charge on any atom is -0.346 e. The van der Waals surface area contributed by atoms with Crippen molar-refractivity contribution in [3.8, 4) is 0 Å². The van der Waals surface area contributed by atoms with E-state index < -0.39 is 0 Å². The lowest BCUT2D eigenvalue weighted by Crippen LogP contribution is -2.37. The van der Waals surface area contributed by atoms with E-state index in [1.54, 1.807) is 10.9 Å². The van der Waals surface area contributed by atoms with E-state index in [2.05, 4.69) is 29.4 Å². The van der Waals surface area contributed by atoms with Crippen molar-refractivity contribution in [1.29, 1.82) is 0 Å². The molecule has 2 unspecified atom stereocenters. The number of hydrogen-bond acceptors (Lipinski definition) is 4. The Morgan fingerprint density at radius 3 is 2.61 bits per heavy atom. The maximum Gasteiger partial charge on any atom is 0.224 e. The summed E-state index contributed by atoms with van der Waals surface area (Å²) in [5.74, 6) is 1.04. The second-order valence-electron chi connectivity index (χ2n) is 5.09. The van der Waals surface area contributed by atoms with Gasteiger partial charge in [0.15, 0.2) is 5.82 Å². The number of nitrogens with zero attached hydrogens (tertiary/aromatic N) is 3. The number of carbonyl (C=O) groups excluding carboxylic acids is 1. The van der Waals surface area contributed by atoms with Gasteiger partial charge in [0.2, 0.25) is 5.91 Å². The molecule has 6 heteroatoms. The largest absolute Gasteiger partial charge is 0.346 e. The number of aryl methyl sites for hydroxylation is 1. The highest BCUT2D eigenvalue weighted by molar-refractivity contribution is 5.79. The molecule has 0 aliphatic rings. The Morgan fingerprint density at radius 2 is 2.17 bits per heavy atom. The molecule has 0 radical (unpaired) electrons. The molecule has 0 saturated heterocycles. The fourth-order valence-electron chi connectivity index (χ4n) is 1.96. The van der Waals surface area contributed by atoms with Crippen molar-refractivity contribution in [2.45, 2.75) is 33.2 Å². The van der Waals surface area contributed by atoms with Crippen molar-refractivity contribution in [2.24, 2.45) is 24.6 Å². The Kier molecular flexibility index (Phi) is 5.27. The molecule has 1 aromatic rings. The van der Waals surface area contributed by atoms with Crippen LogP contribution in [0.1, 0.15) is 39.1 Å². The number of nitrogens with one attached hydrogen (secondary N) is 1. The van der Waals surface area contributed by atoms with Gasteiger partial charge in [0.05, 0.1) is 12.0 Å². The molecule has 1 heterocycles. The summed E-state index contributed by atoms with van der Waals surface area (Å²) in [7, 11) is 1.85. The molecular weight excluding hydrogens is 230 g/mol. The number of nitrogens with two attached hydrogens (primary N) is 1. The monoisotopic (exact) mass is 253 g/mol. The van der Waals surface area contributed by atoms with Crippen molar-refractivity contribution in [2.75, 3.05) is 6.54 Å². The van der Waals surface area contributed by atoms with Crippen molar-refractivity contribution in [3.05, 3.63) is 12.2 Å². The highest BCUT2D eigenvalue weighted by Crippen LogP contribution is 2.13. The van der Waals surface area contributed by atoms with E-state index in [4.69, 9.17) is 5.73 Å². The van der Waals surface area contributed by atoms with Crippen LogP contribution in [0.2, 0.25) is 0 Å². The Bertz CT molecular complexity index is 388. The van der Waals surface area contributed by atoms with Crippen LogP contribution in [-0.4, -0.2) is 27.2 Å². The molecule has 18 heavy (non-hydrogen) atoms. The molecule has 0 aliphatic carbocycles. The van der Waals surface area contributed by atoms with Gasteiger partial charge in [-0.15, -0.1) is 10.2 Å². The fraction of sp³-hybridized carbons (Fsp3) is 0.750. The van der Waals surface area contributed by atoms with E-state index in [-0.39, 0.29) is 17.9 Å². The molecule has 0 bridgehead atoms. The van der Waals surface area contributed by atoms with Crippen LogP contribution < -0.4 is 11.1 Å². The predicted octanol–water partition coefficient (Wildman–Crippen LogP) is 0.613. The topological polar surface area (TPSA) is 85.8 Å². The normalized spacial score (nSPS) is 14.6. The molecule has 0 aliphatic heterocycles. The van der Waals surface area contributed by atoms with Crippen LogP contribution in [0.15, 0.2) is 6.33 Å². The molecular formula is C12H23N5O. The van der Waals surface area contributed by atoms with Crippen molar-refractivity contribution in [3.63, 3.8) is 0 Å². The number of rotatable bonds is 6. The lowest BCUT2D eigenvalue weighted by atomic mass is 9.96. The average Bonchev–Trinajstić information content (AvgIpc) is 2.71. The van der Waals surface area contributed by atoms with E-state index >= 15 is 0 Å². The molecule has 1 aromatic heterocycles. The first kappa shape index (κ1) is 14.6. The van der Waals surface area contributed by atoms with Gasteiger partial charge in [-0.1, -0.05) is 13.8 Å². The Labute approximate surface area is 108 Å². The maximum absolute atomic E-state index is 12.1. The smallest absolute Gasteiger partial charge is 0.224 e. The van der Waals surface area contributed by atoms with Crippen LogP contribution >= 0.6 is 0 Å². The second-order valence-corrected chi connectivity index (χ2v) is 5.09. The zero-order chi connectivity index (χ0) is 13.7. The number of amides is 1. The summed E-state index contributed by atoms with van der Waals surface area (Å²) >= 11 is 0. The molecule has 2 atom stereocenters. The molecule has 3 N–H and O–H groups in total. The molecule has 0 spiro atoms. The highest BCUT2D eigenvalue weighted by Gasteiger charge is 2.21.